The number of Topliss-reactive ketones (excluding diaryl/α,β-unsaturated/α-hetero) is 1. The van der Waals surface area contributed by atoms with Crippen molar-refractivity contribution in [1.29, 1.82) is 0 Å². The van der Waals surface area contributed by atoms with Gasteiger partial charge in [-0.15, -0.1) is 0 Å². The molecule has 0 aliphatic carbocycles. The molecule has 1 N–H and O–H groups in total. The fourth-order valence-electron chi connectivity index (χ4n) is 3.60. The molecular formula is C22H24F4O3. The maximum atomic E-state index is 14.0. The van der Waals surface area contributed by atoms with Gasteiger partial charge in [-0.1, -0.05) is 31.0 Å². The molecular weight excluding hydrogens is 388 g/mol. The summed E-state index contributed by atoms with van der Waals surface area (Å²) in [5, 5.41) is 10.7. The number of benzene rings is 2. The van der Waals surface area contributed by atoms with Gasteiger partial charge >= 0.3 is 6.18 Å². The van der Waals surface area contributed by atoms with Crippen molar-refractivity contribution in [1.82, 2.24) is 0 Å². The van der Waals surface area contributed by atoms with Gasteiger partial charge in [-0.05, 0) is 49.6 Å². The summed E-state index contributed by atoms with van der Waals surface area (Å²) in [7, 11) is 1.31. The molecule has 2 rings (SSSR count). The first-order chi connectivity index (χ1) is 13.2. The van der Waals surface area contributed by atoms with E-state index < -0.39 is 35.2 Å². The van der Waals surface area contributed by atoms with E-state index in [-0.39, 0.29) is 16.9 Å². The second-order valence-corrected chi connectivity index (χ2v) is 7.97. The number of hydrogen-bond donors (Lipinski definition) is 1. The van der Waals surface area contributed by atoms with Crippen LogP contribution in [0.15, 0.2) is 36.4 Å². The maximum absolute atomic E-state index is 14.0. The summed E-state index contributed by atoms with van der Waals surface area (Å²) >= 11 is 0. The number of carbonyl (C=O) groups excluding carboxylic acids is 1. The molecule has 0 saturated carbocycles. The van der Waals surface area contributed by atoms with Crippen LogP contribution in [-0.2, 0) is 5.41 Å². The summed E-state index contributed by atoms with van der Waals surface area (Å²) in [6.07, 6.45) is -6.24. The van der Waals surface area contributed by atoms with Crippen LogP contribution in [0.25, 0.3) is 0 Å². The Morgan fingerprint density at radius 1 is 1.03 bits per heavy atom. The van der Waals surface area contributed by atoms with Crippen LogP contribution < -0.4 is 4.74 Å². The summed E-state index contributed by atoms with van der Waals surface area (Å²) in [5.74, 6) is -1.94. The summed E-state index contributed by atoms with van der Waals surface area (Å²) < 4.78 is 60.9. The molecule has 7 heteroatoms. The van der Waals surface area contributed by atoms with Crippen LogP contribution in [0.1, 0.15) is 47.3 Å². The number of carbonyl (C=O) groups is 1. The van der Waals surface area contributed by atoms with E-state index in [2.05, 4.69) is 0 Å². The predicted octanol–water partition coefficient (Wildman–Crippen LogP) is 5.30. The Morgan fingerprint density at radius 2 is 1.59 bits per heavy atom. The number of aryl methyl sites for hydroxylation is 2. The molecule has 0 aliphatic rings. The Bertz CT molecular complexity index is 899. The first kappa shape index (κ1) is 22.9. The zero-order valence-electron chi connectivity index (χ0n) is 16.9. The lowest BCUT2D eigenvalue weighted by Crippen LogP contribution is -2.55. The van der Waals surface area contributed by atoms with Crippen molar-refractivity contribution < 1.29 is 32.2 Å². The number of hydrogen-bond acceptors (Lipinski definition) is 3. The molecule has 1 unspecified atom stereocenters. The van der Waals surface area contributed by atoms with E-state index in [1.54, 1.807) is 19.9 Å². The molecule has 2 aromatic rings. The van der Waals surface area contributed by atoms with Crippen molar-refractivity contribution >= 4 is 5.78 Å². The highest BCUT2D eigenvalue weighted by Gasteiger charge is 2.61. The van der Waals surface area contributed by atoms with Gasteiger partial charge in [0.2, 0.25) is 11.4 Å². The lowest BCUT2D eigenvalue weighted by Gasteiger charge is -2.37. The minimum absolute atomic E-state index is 0.121. The van der Waals surface area contributed by atoms with E-state index in [0.29, 0.717) is 11.1 Å². The Morgan fingerprint density at radius 3 is 2.07 bits per heavy atom. The lowest BCUT2D eigenvalue weighted by molar-refractivity contribution is -0.243. The van der Waals surface area contributed by atoms with E-state index in [0.717, 1.165) is 12.1 Å². The number of halogens is 4. The van der Waals surface area contributed by atoms with Gasteiger partial charge in [-0.25, -0.2) is 4.39 Å². The smallest absolute Gasteiger partial charge is 0.424 e. The van der Waals surface area contributed by atoms with Crippen molar-refractivity contribution in [2.24, 2.45) is 0 Å². The molecule has 2 aromatic carbocycles. The van der Waals surface area contributed by atoms with Crippen LogP contribution in [0.4, 0.5) is 17.6 Å². The lowest BCUT2D eigenvalue weighted by atomic mass is 9.72. The third-order valence-electron chi connectivity index (χ3n) is 4.92. The van der Waals surface area contributed by atoms with Gasteiger partial charge in [0.05, 0.1) is 7.11 Å². The normalized spacial score (nSPS) is 14.4. The molecule has 0 bridgehead atoms. The first-order valence-electron chi connectivity index (χ1n) is 8.97. The fourth-order valence-corrected chi connectivity index (χ4v) is 3.60. The highest BCUT2D eigenvalue weighted by molar-refractivity contribution is 6.03. The zero-order valence-corrected chi connectivity index (χ0v) is 16.9. The Kier molecular flexibility index (Phi) is 6.14. The second kappa shape index (κ2) is 7.78. The predicted molar refractivity (Wildman–Crippen MR) is 102 cm³/mol. The van der Waals surface area contributed by atoms with Gasteiger partial charge in [0.1, 0.15) is 11.6 Å². The maximum Gasteiger partial charge on any atom is 0.424 e. The number of rotatable bonds is 6. The van der Waals surface area contributed by atoms with Crippen molar-refractivity contribution in [2.75, 3.05) is 7.11 Å². The zero-order chi connectivity index (χ0) is 22.2. The minimum atomic E-state index is -5.24. The monoisotopic (exact) mass is 412 g/mol. The molecule has 0 fully saturated rings. The van der Waals surface area contributed by atoms with Crippen LogP contribution in [-0.4, -0.2) is 29.8 Å². The van der Waals surface area contributed by atoms with Gasteiger partial charge in [0.15, 0.2) is 0 Å². The summed E-state index contributed by atoms with van der Waals surface area (Å²) in [4.78, 5) is 12.9. The van der Waals surface area contributed by atoms with Gasteiger partial charge in [-0.3, -0.25) is 4.79 Å². The molecule has 0 aliphatic heterocycles. The van der Waals surface area contributed by atoms with Crippen LogP contribution in [0.3, 0.4) is 0 Å². The van der Waals surface area contributed by atoms with Crippen LogP contribution in [0, 0.1) is 19.7 Å². The largest absolute Gasteiger partial charge is 0.496 e. The van der Waals surface area contributed by atoms with Gasteiger partial charge in [-0.2, -0.15) is 13.2 Å². The Balaban J connectivity index is 2.58. The highest BCUT2D eigenvalue weighted by Crippen LogP contribution is 2.45. The van der Waals surface area contributed by atoms with Gasteiger partial charge in [0, 0.05) is 17.5 Å². The quantitative estimate of drug-likeness (QED) is 0.518. The standard InChI is InChI=1S/C22H24F4O3/c1-13-8-14(2)10-15(9-13)19(27)21(28,22(24,25)26)12-20(3,4)17-11-16(23)6-7-18(17)29-5/h6-11,28H,12H2,1-5H3. The number of ether oxygens (including phenoxy) is 1. The van der Waals surface area contributed by atoms with Crippen molar-refractivity contribution in [3.8, 4) is 5.75 Å². The van der Waals surface area contributed by atoms with E-state index >= 15 is 0 Å². The molecule has 158 valence electrons. The molecule has 29 heavy (non-hydrogen) atoms. The number of aliphatic hydroxyl groups is 1. The Hall–Kier alpha value is -2.41. The van der Waals surface area contributed by atoms with E-state index in [1.165, 1.54) is 39.2 Å². The topological polar surface area (TPSA) is 46.5 Å². The SMILES string of the molecule is COc1ccc(F)cc1C(C)(C)CC(O)(C(=O)c1cc(C)cc(C)c1)C(F)(F)F. The van der Waals surface area contributed by atoms with Crippen molar-refractivity contribution in [2.45, 2.75) is 51.3 Å². The summed E-state index contributed by atoms with van der Waals surface area (Å²) in [5.41, 5.74) is -4.01. The first-order valence-corrected chi connectivity index (χ1v) is 8.97. The number of alkyl halides is 3. The summed E-state index contributed by atoms with van der Waals surface area (Å²) in [6, 6.07) is 7.80. The molecule has 3 nitrogen and oxygen atoms in total. The molecule has 0 heterocycles. The Labute approximate surface area is 167 Å². The average molecular weight is 412 g/mol. The van der Waals surface area contributed by atoms with Crippen molar-refractivity contribution in [3.63, 3.8) is 0 Å². The third kappa shape index (κ3) is 4.61. The summed E-state index contributed by atoms with van der Waals surface area (Å²) in [6.45, 7) is 6.10. The van der Waals surface area contributed by atoms with Crippen LogP contribution >= 0.6 is 0 Å². The number of ketones is 1. The van der Waals surface area contributed by atoms with Gasteiger partial charge < -0.3 is 9.84 Å². The molecule has 0 radical (unpaired) electrons. The molecule has 1 atom stereocenters. The van der Waals surface area contributed by atoms with E-state index in [9.17, 15) is 27.5 Å². The third-order valence-corrected chi connectivity index (χ3v) is 4.92. The van der Waals surface area contributed by atoms with Crippen molar-refractivity contribution in [3.05, 3.63) is 64.5 Å². The average Bonchev–Trinajstić information content (AvgIpc) is 2.58. The van der Waals surface area contributed by atoms with E-state index in [4.69, 9.17) is 4.74 Å². The van der Waals surface area contributed by atoms with E-state index in [1.807, 2.05) is 0 Å². The number of methoxy groups -OCH3 is 1. The molecule has 0 aromatic heterocycles. The minimum Gasteiger partial charge on any atom is -0.496 e. The molecule has 0 saturated heterocycles. The molecule has 0 spiro atoms. The second-order valence-electron chi connectivity index (χ2n) is 7.97. The fraction of sp³-hybridized carbons (Fsp3) is 0.409. The highest BCUT2D eigenvalue weighted by atomic mass is 19.4. The van der Waals surface area contributed by atoms with Crippen LogP contribution in [0.2, 0.25) is 0 Å². The van der Waals surface area contributed by atoms with Gasteiger partial charge in [0.25, 0.3) is 0 Å². The molecule has 0 amide bonds. The van der Waals surface area contributed by atoms with Crippen LogP contribution in [0.5, 0.6) is 5.75 Å².